The molecule has 21 heavy (non-hydrogen) atoms. The fourth-order valence-electron chi connectivity index (χ4n) is 2.42. The van der Waals surface area contributed by atoms with Gasteiger partial charge in [-0.3, -0.25) is 0 Å². The van der Waals surface area contributed by atoms with Gasteiger partial charge in [-0.2, -0.15) is 0 Å². The van der Waals surface area contributed by atoms with Crippen LogP contribution in [0.5, 0.6) is 5.75 Å². The van der Waals surface area contributed by atoms with Crippen LogP contribution in [-0.4, -0.2) is 6.36 Å². The summed E-state index contributed by atoms with van der Waals surface area (Å²) in [5.74, 6) is -0.580. The molecule has 0 amide bonds. The Morgan fingerprint density at radius 3 is 2.43 bits per heavy atom. The van der Waals surface area contributed by atoms with Gasteiger partial charge >= 0.3 is 6.36 Å². The summed E-state index contributed by atoms with van der Waals surface area (Å²) in [7, 11) is 0. The average molecular weight is 297 g/mol. The Kier molecular flexibility index (Phi) is 3.23. The number of ether oxygens (including phenoxy) is 1. The second kappa shape index (κ2) is 4.95. The lowest BCUT2D eigenvalue weighted by atomic mass is 10.0. The lowest BCUT2D eigenvalue weighted by Gasteiger charge is -2.13. The van der Waals surface area contributed by atoms with Crippen LogP contribution in [-0.2, 0) is 6.42 Å². The first-order chi connectivity index (χ1) is 9.90. The summed E-state index contributed by atoms with van der Waals surface area (Å²) >= 11 is 0. The largest absolute Gasteiger partial charge is 0.573 e. The van der Waals surface area contributed by atoms with E-state index in [4.69, 9.17) is 0 Å². The minimum atomic E-state index is -4.69. The fourth-order valence-corrected chi connectivity index (χ4v) is 2.42. The normalized spacial score (nSPS) is 17.2. The van der Waals surface area contributed by atoms with Gasteiger partial charge in [-0.15, -0.1) is 13.2 Å². The molecule has 6 heteroatoms. The molecule has 1 atom stereocenters. The molecule has 0 aromatic heterocycles. The van der Waals surface area contributed by atoms with Crippen LogP contribution in [0, 0.1) is 5.82 Å². The monoisotopic (exact) mass is 297 g/mol. The third-order valence-electron chi connectivity index (χ3n) is 3.34. The molecule has 2 aromatic rings. The standard InChI is InChI=1S/C15H11F4NO/c16-11-4-1-10-7-13(20-14(10)8-11)9-2-5-12(6-3-9)21-15(17,18)19/h1-6,8,13,20H,7H2. The summed E-state index contributed by atoms with van der Waals surface area (Å²) in [6.45, 7) is 0. The van der Waals surface area contributed by atoms with Crippen molar-refractivity contribution >= 4 is 5.69 Å². The van der Waals surface area contributed by atoms with E-state index in [1.54, 1.807) is 18.2 Å². The van der Waals surface area contributed by atoms with E-state index in [-0.39, 0.29) is 17.6 Å². The Morgan fingerprint density at radius 2 is 1.76 bits per heavy atom. The number of halogens is 4. The zero-order valence-corrected chi connectivity index (χ0v) is 10.7. The van der Waals surface area contributed by atoms with Crippen LogP contribution < -0.4 is 10.1 Å². The molecule has 1 aliphatic rings. The zero-order valence-electron chi connectivity index (χ0n) is 10.7. The van der Waals surface area contributed by atoms with E-state index in [9.17, 15) is 17.6 Å². The number of hydrogen-bond donors (Lipinski definition) is 1. The SMILES string of the molecule is Fc1ccc2c(c1)NC(c1ccc(OC(F)(F)F)cc1)C2. The Morgan fingerprint density at radius 1 is 1.05 bits per heavy atom. The molecule has 0 spiro atoms. The van der Waals surface area contributed by atoms with E-state index in [2.05, 4.69) is 10.1 Å². The van der Waals surface area contributed by atoms with E-state index >= 15 is 0 Å². The summed E-state index contributed by atoms with van der Waals surface area (Å²) in [4.78, 5) is 0. The predicted molar refractivity (Wildman–Crippen MR) is 69.6 cm³/mol. The molecular formula is C15H11F4NO. The molecule has 0 fully saturated rings. The van der Waals surface area contributed by atoms with Crippen LogP contribution in [0.3, 0.4) is 0 Å². The van der Waals surface area contributed by atoms with Crippen LogP contribution in [0.15, 0.2) is 42.5 Å². The van der Waals surface area contributed by atoms with Gasteiger partial charge in [0.1, 0.15) is 11.6 Å². The van der Waals surface area contributed by atoms with Gasteiger partial charge in [-0.25, -0.2) is 4.39 Å². The number of hydrogen-bond acceptors (Lipinski definition) is 2. The summed E-state index contributed by atoms with van der Waals surface area (Å²) in [5, 5.41) is 3.16. The smallest absolute Gasteiger partial charge is 0.406 e. The van der Waals surface area contributed by atoms with Crippen molar-refractivity contribution in [2.45, 2.75) is 18.8 Å². The van der Waals surface area contributed by atoms with E-state index in [0.29, 0.717) is 6.42 Å². The maximum Gasteiger partial charge on any atom is 0.573 e. The highest BCUT2D eigenvalue weighted by Crippen LogP contribution is 2.35. The lowest BCUT2D eigenvalue weighted by molar-refractivity contribution is -0.274. The van der Waals surface area contributed by atoms with Gasteiger partial charge in [0, 0.05) is 5.69 Å². The quantitative estimate of drug-likeness (QED) is 0.828. The van der Waals surface area contributed by atoms with Crippen LogP contribution in [0.1, 0.15) is 17.2 Å². The average Bonchev–Trinajstić information content (AvgIpc) is 2.80. The Labute approximate surface area is 118 Å². The lowest BCUT2D eigenvalue weighted by Crippen LogP contribution is -2.17. The third-order valence-corrected chi connectivity index (χ3v) is 3.34. The van der Waals surface area contributed by atoms with Gasteiger partial charge in [0.25, 0.3) is 0 Å². The van der Waals surface area contributed by atoms with Crippen LogP contribution in [0.25, 0.3) is 0 Å². The number of rotatable bonds is 2. The molecule has 1 aliphatic heterocycles. The topological polar surface area (TPSA) is 21.3 Å². The first-order valence-electron chi connectivity index (χ1n) is 6.31. The third kappa shape index (κ3) is 3.09. The number of fused-ring (bicyclic) bond motifs is 1. The molecule has 0 aliphatic carbocycles. The van der Waals surface area contributed by atoms with Gasteiger partial charge in [0.2, 0.25) is 0 Å². The minimum absolute atomic E-state index is 0.0817. The highest BCUT2D eigenvalue weighted by Gasteiger charge is 2.31. The predicted octanol–water partition coefficient (Wildman–Crippen LogP) is 4.43. The molecule has 3 rings (SSSR count). The molecule has 0 saturated heterocycles. The fraction of sp³-hybridized carbons (Fsp3) is 0.200. The van der Waals surface area contributed by atoms with Crippen molar-refractivity contribution in [3.8, 4) is 5.75 Å². The van der Waals surface area contributed by atoms with Crippen molar-refractivity contribution in [2.24, 2.45) is 0 Å². The zero-order chi connectivity index (χ0) is 15.0. The van der Waals surface area contributed by atoms with Gasteiger partial charge in [0.05, 0.1) is 6.04 Å². The van der Waals surface area contributed by atoms with Crippen LogP contribution in [0.2, 0.25) is 0 Å². The molecule has 1 heterocycles. The Hall–Kier alpha value is -2.24. The number of anilines is 1. The van der Waals surface area contributed by atoms with Crippen molar-refractivity contribution in [3.05, 3.63) is 59.4 Å². The number of nitrogens with one attached hydrogen (secondary N) is 1. The second-order valence-corrected chi connectivity index (χ2v) is 4.82. The Bertz CT molecular complexity index is 652. The maximum atomic E-state index is 13.1. The van der Waals surface area contributed by atoms with Gasteiger partial charge in [-0.1, -0.05) is 18.2 Å². The molecule has 110 valence electrons. The summed E-state index contributed by atoms with van der Waals surface area (Å²) in [6.07, 6.45) is -4.03. The van der Waals surface area contributed by atoms with Crippen molar-refractivity contribution in [1.82, 2.24) is 0 Å². The number of alkyl halides is 3. The molecule has 2 aromatic carbocycles. The van der Waals surface area contributed by atoms with Crippen molar-refractivity contribution in [3.63, 3.8) is 0 Å². The molecule has 2 nitrogen and oxygen atoms in total. The van der Waals surface area contributed by atoms with Crippen molar-refractivity contribution in [2.75, 3.05) is 5.32 Å². The van der Waals surface area contributed by atoms with Gasteiger partial charge < -0.3 is 10.1 Å². The van der Waals surface area contributed by atoms with Crippen LogP contribution >= 0.6 is 0 Å². The van der Waals surface area contributed by atoms with Crippen molar-refractivity contribution in [1.29, 1.82) is 0 Å². The molecule has 1 N–H and O–H groups in total. The van der Waals surface area contributed by atoms with E-state index < -0.39 is 6.36 Å². The second-order valence-electron chi connectivity index (χ2n) is 4.82. The Balaban J connectivity index is 1.75. The highest BCUT2D eigenvalue weighted by molar-refractivity contribution is 5.58. The molecule has 0 saturated carbocycles. The first kappa shape index (κ1) is 13.7. The molecular weight excluding hydrogens is 286 g/mol. The van der Waals surface area contributed by atoms with Crippen LogP contribution in [0.4, 0.5) is 23.2 Å². The van der Waals surface area contributed by atoms with E-state index in [1.165, 1.54) is 24.3 Å². The summed E-state index contributed by atoms with van der Waals surface area (Å²) in [6, 6.07) is 10.1. The van der Waals surface area contributed by atoms with Crippen molar-refractivity contribution < 1.29 is 22.3 Å². The minimum Gasteiger partial charge on any atom is -0.406 e. The van der Waals surface area contributed by atoms with Gasteiger partial charge in [-0.05, 0) is 41.8 Å². The summed E-state index contributed by atoms with van der Waals surface area (Å²) in [5.41, 5.74) is 2.52. The molecule has 1 unspecified atom stereocenters. The molecule has 0 bridgehead atoms. The van der Waals surface area contributed by atoms with E-state index in [0.717, 1.165) is 16.8 Å². The molecule has 0 radical (unpaired) electrons. The number of benzene rings is 2. The highest BCUT2D eigenvalue weighted by atomic mass is 19.4. The maximum absolute atomic E-state index is 13.1. The van der Waals surface area contributed by atoms with E-state index in [1.807, 2.05) is 0 Å². The van der Waals surface area contributed by atoms with Gasteiger partial charge in [0.15, 0.2) is 0 Å². The first-order valence-corrected chi connectivity index (χ1v) is 6.31. The summed E-state index contributed by atoms with van der Waals surface area (Å²) < 4.78 is 53.2.